The summed E-state index contributed by atoms with van der Waals surface area (Å²) < 4.78 is -0.680. The number of fused-ring (bicyclic) bond motifs is 1. The molecule has 0 aliphatic carbocycles. The van der Waals surface area contributed by atoms with E-state index in [-0.39, 0.29) is 0 Å². The molecule has 2 fully saturated rings. The van der Waals surface area contributed by atoms with Gasteiger partial charge in [0.2, 0.25) is 11.8 Å². The predicted octanol–water partition coefficient (Wildman–Crippen LogP) is -1.02. The van der Waals surface area contributed by atoms with Gasteiger partial charge in [-0.3, -0.25) is 9.59 Å². The minimum atomic E-state index is -1.28. The van der Waals surface area contributed by atoms with E-state index in [4.69, 9.17) is 5.73 Å². The number of carbonyl (C=O) groups is 3. The second kappa shape index (κ2) is 5.78. The summed E-state index contributed by atoms with van der Waals surface area (Å²) in [6.07, 6.45) is 0. The van der Waals surface area contributed by atoms with E-state index in [0.29, 0.717) is 5.56 Å². The van der Waals surface area contributed by atoms with E-state index in [1.807, 2.05) is 6.07 Å². The Labute approximate surface area is 143 Å². The van der Waals surface area contributed by atoms with Crippen molar-refractivity contribution in [3.63, 3.8) is 0 Å². The average molecular weight is 348 g/mol. The number of carboxylic acid groups (broad SMARTS) is 1. The van der Waals surface area contributed by atoms with E-state index < -0.39 is 46.0 Å². The molecular formula is C16H18N3O4S-. The molecule has 1 aromatic carbocycles. The summed E-state index contributed by atoms with van der Waals surface area (Å²) in [6, 6.07) is 6.19. The molecule has 0 bridgehead atoms. The molecule has 0 aromatic heterocycles. The molecule has 0 radical (unpaired) electrons. The third-order valence-corrected chi connectivity index (χ3v) is 5.97. The number of carbonyl (C=O) groups excluding carboxylic acids is 3. The summed E-state index contributed by atoms with van der Waals surface area (Å²) in [5.74, 6) is -2.16. The van der Waals surface area contributed by atoms with Crippen LogP contribution in [-0.2, 0) is 14.4 Å². The molecule has 8 heteroatoms. The lowest BCUT2D eigenvalue weighted by molar-refractivity contribution is -0.312. The van der Waals surface area contributed by atoms with E-state index in [0.717, 1.165) is 0 Å². The second-order valence-electron chi connectivity index (χ2n) is 6.45. The number of benzene rings is 1. The van der Waals surface area contributed by atoms with Gasteiger partial charge in [0.1, 0.15) is 17.5 Å². The van der Waals surface area contributed by atoms with Crippen LogP contribution in [0, 0.1) is 0 Å². The fraction of sp³-hybridized carbons (Fsp3) is 0.438. The van der Waals surface area contributed by atoms with Gasteiger partial charge < -0.3 is 25.9 Å². The van der Waals surface area contributed by atoms with Gasteiger partial charge in [0.05, 0.1) is 12.0 Å². The monoisotopic (exact) mass is 348 g/mol. The molecule has 3 rings (SSSR count). The lowest BCUT2D eigenvalue weighted by Crippen LogP contribution is -2.72. The second-order valence-corrected chi connectivity index (χ2v) is 8.22. The van der Waals surface area contributed by atoms with Crippen LogP contribution in [0.25, 0.3) is 0 Å². The van der Waals surface area contributed by atoms with Crippen molar-refractivity contribution >= 4 is 29.5 Å². The largest absolute Gasteiger partial charge is 0.548 e. The molecule has 24 heavy (non-hydrogen) atoms. The Kier molecular flexibility index (Phi) is 4.05. The smallest absolute Gasteiger partial charge is 0.249 e. The van der Waals surface area contributed by atoms with E-state index >= 15 is 0 Å². The third kappa shape index (κ3) is 2.55. The van der Waals surface area contributed by atoms with Crippen LogP contribution in [0.1, 0.15) is 25.5 Å². The van der Waals surface area contributed by atoms with Crippen molar-refractivity contribution in [3.8, 4) is 0 Å². The molecule has 4 atom stereocenters. The first-order valence-corrected chi connectivity index (χ1v) is 8.44. The van der Waals surface area contributed by atoms with E-state index in [1.165, 1.54) is 16.7 Å². The number of rotatable bonds is 4. The minimum absolute atomic E-state index is 0.415. The summed E-state index contributed by atoms with van der Waals surface area (Å²) in [7, 11) is 0. The van der Waals surface area contributed by atoms with Crippen molar-refractivity contribution in [2.24, 2.45) is 5.73 Å². The molecule has 2 saturated heterocycles. The Morgan fingerprint density at radius 3 is 2.54 bits per heavy atom. The van der Waals surface area contributed by atoms with E-state index in [1.54, 1.807) is 38.1 Å². The van der Waals surface area contributed by atoms with Gasteiger partial charge in [-0.1, -0.05) is 30.3 Å². The molecule has 1 unspecified atom stereocenters. The van der Waals surface area contributed by atoms with Crippen molar-refractivity contribution in [3.05, 3.63) is 35.9 Å². The Balaban J connectivity index is 1.71. The molecule has 2 heterocycles. The maximum Gasteiger partial charge on any atom is 0.249 e. The highest BCUT2D eigenvalue weighted by atomic mass is 32.2. The molecule has 2 aliphatic heterocycles. The molecule has 2 aliphatic rings. The molecule has 3 N–H and O–H groups in total. The first-order chi connectivity index (χ1) is 11.2. The van der Waals surface area contributed by atoms with Crippen molar-refractivity contribution < 1.29 is 19.5 Å². The number of β-lactam (4-membered cyclic amide) rings is 1. The van der Waals surface area contributed by atoms with E-state index in [2.05, 4.69) is 5.32 Å². The van der Waals surface area contributed by atoms with Gasteiger partial charge in [-0.25, -0.2) is 0 Å². The fourth-order valence-corrected chi connectivity index (χ4v) is 4.80. The predicted molar refractivity (Wildman–Crippen MR) is 86.4 cm³/mol. The van der Waals surface area contributed by atoms with Gasteiger partial charge in [0.15, 0.2) is 0 Å². The first-order valence-electron chi connectivity index (χ1n) is 7.56. The maximum absolute atomic E-state index is 12.3. The topological polar surface area (TPSA) is 116 Å². The van der Waals surface area contributed by atoms with Crippen LogP contribution < -0.4 is 16.2 Å². The summed E-state index contributed by atoms with van der Waals surface area (Å²) in [6.45, 7) is 3.50. The Bertz CT molecular complexity index is 694. The molecular weight excluding hydrogens is 330 g/mol. The fourth-order valence-electron chi connectivity index (χ4n) is 3.18. The number of nitrogens with one attached hydrogen (secondary N) is 1. The van der Waals surface area contributed by atoms with Gasteiger partial charge in [-0.2, -0.15) is 0 Å². The van der Waals surface area contributed by atoms with Crippen LogP contribution >= 0.6 is 11.8 Å². The molecule has 7 nitrogen and oxygen atoms in total. The SMILES string of the molecule is CC1(C)S[C@@H]2[C@H](NC(=O)C(N)c3ccccc3)C(=O)N2[C@H]1C(=O)[O-]. The molecule has 2 amide bonds. The third-order valence-electron chi connectivity index (χ3n) is 4.40. The van der Waals surface area contributed by atoms with Crippen molar-refractivity contribution in [2.45, 2.75) is 42.1 Å². The summed E-state index contributed by atoms with van der Waals surface area (Å²) in [4.78, 5) is 37.2. The highest BCUT2D eigenvalue weighted by molar-refractivity contribution is 8.01. The lowest BCUT2D eigenvalue weighted by atomic mass is 9.95. The van der Waals surface area contributed by atoms with Crippen molar-refractivity contribution in [2.75, 3.05) is 0 Å². The van der Waals surface area contributed by atoms with Crippen LogP contribution in [0.15, 0.2) is 30.3 Å². The lowest BCUT2D eigenvalue weighted by Gasteiger charge is -2.45. The Hall–Kier alpha value is -2.06. The number of hydrogen-bond acceptors (Lipinski definition) is 6. The number of carboxylic acids is 1. The van der Waals surface area contributed by atoms with Crippen LogP contribution in [0.2, 0.25) is 0 Å². The number of thioether (sulfide) groups is 1. The Morgan fingerprint density at radius 2 is 1.96 bits per heavy atom. The zero-order valence-corrected chi connectivity index (χ0v) is 14.1. The zero-order valence-electron chi connectivity index (χ0n) is 13.3. The van der Waals surface area contributed by atoms with Gasteiger partial charge >= 0.3 is 0 Å². The zero-order chi connectivity index (χ0) is 17.6. The van der Waals surface area contributed by atoms with Crippen LogP contribution in [-0.4, -0.2) is 44.9 Å². The Morgan fingerprint density at radius 1 is 1.33 bits per heavy atom. The highest BCUT2D eigenvalue weighted by Gasteiger charge is 2.62. The van der Waals surface area contributed by atoms with Gasteiger partial charge in [0, 0.05) is 4.75 Å². The maximum atomic E-state index is 12.3. The van der Waals surface area contributed by atoms with Crippen LogP contribution in [0.5, 0.6) is 0 Å². The van der Waals surface area contributed by atoms with Crippen molar-refractivity contribution in [1.29, 1.82) is 0 Å². The number of aliphatic carboxylic acids is 1. The first kappa shape index (κ1) is 16.8. The highest BCUT2D eigenvalue weighted by Crippen LogP contribution is 2.50. The summed E-state index contributed by atoms with van der Waals surface area (Å²) in [5, 5.41) is 13.6. The van der Waals surface area contributed by atoms with Gasteiger partial charge in [-0.15, -0.1) is 11.8 Å². The average Bonchev–Trinajstić information content (AvgIpc) is 2.80. The van der Waals surface area contributed by atoms with Gasteiger partial charge in [-0.05, 0) is 19.4 Å². The number of nitrogens with zero attached hydrogens (tertiary/aromatic N) is 1. The van der Waals surface area contributed by atoms with Crippen LogP contribution in [0.4, 0.5) is 0 Å². The summed E-state index contributed by atoms with van der Waals surface area (Å²) >= 11 is 1.34. The standard InChI is InChI=1S/C16H19N3O4S/c1-16(2)11(15(22)23)19-13(21)10(14(19)24-16)18-12(20)9(17)8-6-4-3-5-7-8/h3-7,9-11,14H,17H2,1-2H3,(H,18,20)(H,22,23)/p-1/t9?,10-,11+,14-/m1/s1. The normalized spacial score (nSPS) is 28.7. The molecule has 1 aromatic rings. The number of amides is 2. The number of nitrogens with two attached hydrogens (primary N) is 1. The van der Waals surface area contributed by atoms with E-state index in [9.17, 15) is 19.5 Å². The quantitative estimate of drug-likeness (QED) is 0.673. The molecule has 0 saturated carbocycles. The minimum Gasteiger partial charge on any atom is -0.548 e. The molecule has 0 spiro atoms. The summed E-state index contributed by atoms with van der Waals surface area (Å²) in [5.41, 5.74) is 6.57. The van der Waals surface area contributed by atoms with Gasteiger partial charge in [0.25, 0.3) is 0 Å². The van der Waals surface area contributed by atoms with Crippen LogP contribution in [0.3, 0.4) is 0 Å². The number of hydrogen-bond donors (Lipinski definition) is 2. The van der Waals surface area contributed by atoms with Crippen molar-refractivity contribution in [1.82, 2.24) is 10.2 Å². The molecule has 128 valence electrons.